The van der Waals surface area contributed by atoms with Gasteiger partial charge >= 0.3 is 17.9 Å². The van der Waals surface area contributed by atoms with Gasteiger partial charge in [0.2, 0.25) is 0 Å². The Morgan fingerprint density at radius 3 is 0.938 bits per heavy atom. The fourth-order valence-electron chi connectivity index (χ4n) is 7.82. The molecule has 0 saturated carbocycles. The van der Waals surface area contributed by atoms with E-state index in [2.05, 4.69) is 69.4 Å². The lowest BCUT2D eigenvalue weighted by molar-refractivity contribution is -0.167. The van der Waals surface area contributed by atoms with Crippen molar-refractivity contribution < 1.29 is 28.6 Å². The first-order chi connectivity index (χ1) is 31.5. The van der Waals surface area contributed by atoms with Gasteiger partial charge in [-0.05, 0) is 89.9 Å². The molecule has 372 valence electrons. The number of carbonyl (C=O) groups excluding carboxylic acids is 3. The molecule has 1 unspecified atom stereocenters. The molecule has 0 N–H and O–H groups in total. The first-order valence-electron chi connectivity index (χ1n) is 27.7. The van der Waals surface area contributed by atoms with Crippen LogP contribution in [0.5, 0.6) is 0 Å². The van der Waals surface area contributed by atoms with E-state index in [1.165, 1.54) is 167 Å². The molecule has 0 aliphatic heterocycles. The van der Waals surface area contributed by atoms with E-state index < -0.39 is 6.10 Å². The van der Waals surface area contributed by atoms with Gasteiger partial charge in [-0.2, -0.15) is 0 Å². The van der Waals surface area contributed by atoms with Gasteiger partial charge < -0.3 is 14.2 Å². The van der Waals surface area contributed by atoms with E-state index in [1.54, 1.807) is 0 Å². The quantitative estimate of drug-likeness (QED) is 0.0199. The Kier molecular flexibility index (Phi) is 50.8. The fraction of sp³-hybridized carbons (Fsp3) is 0.810. The molecule has 0 radical (unpaired) electrons. The lowest BCUT2D eigenvalue weighted by Gasteiger charge is -2.18. The molecule has 0 rings (SSSR count). The number of carbonyl (C=O) groups is 3. The van der Waals surface area contributed by atoms with E-state index in [1.807, 2.05) is 0 Å². The monoisotopic (exact) mass is 897 g/mol. The number of ether oxygens (including phenoxy) is 3. The van der Waals surface area contributed by atoms with Crippen molar-refractivity contribution in [3.8, 4) is 0 Å². The Balaban J connectivity index is 4.36. The molecule has 0 saturated heterocycles. The minimum absolute atomic E-state index is 0.0866. The first kappa shape index (κ1) is 61.4. The molecule has 0 amide bonds. The Morgan fingerprint density at radius 1 is 0.312 bits per heavy atom. The smallest absolute Gasteiger partial charge is 0.306 e. The predicted molar refractivity (Wildman–Crippen MR) is 275 cm³/mol. The molecule has 6 heteroatoms. The minimum Gasteiger partial charge on any atom is -0.462 e. The highest BCUT2D eigenvalue weighted by Crippen LogP contribution is 2.15. The van der Waals surface area contributed by atoms with Crippen molar-refractivity contribution in [1.29, 1.82) is 0 Å². The normalized spacial score (nSPS) is 12.4. The van der Waals surface area contributed by atoms with Gasteiger partial charge in [0, 0.05) is 19.3 Å². The molecule has 6 nitrogen and oxygen atoms in total. The average molecular weight is 897 g/mol. The number of rotatable bonds is 50. The Morgan fingerprint density at radius 2 is 0.578 bits per heavy atom. The summed E-state index contributed by atoms with van der Waals surface area (Å²) in [5.41, 5.74) is 0. The van der Waals surface area contributed by atoms with Crippen LogP contribution in [0, 0.1) is 0 Å². The number of allylic oxidation sites excluding steroid dienone is 8. The van der Waals surface area contributed by atoms with E-state index in [4.69, 9.17) is 14.2 Å². The van der Waals surface area contributed by atoms with Crippen LogP contribution in [0.1, 0.15) is 284 Å². The number of hydrogen-bond acceptors (Lipinski definition) is 6. The van der Waals surface area contributed by atoms with Crippen LogP contribution in [0.4, 0.5) is 0 Å². The van der Waals surface area contributed by atoms with Crippen molar-refractivity contribution in [2.75, 3.05) is 13.2 Å². The zero-order valence-electron chi connectivity index (χ0n) is 42.6. The van der Waals surface area contributed by atoms with Crippen molar-refractivity contribution >= 4 is 17.9 Å². The first-order valence-corrected chi connectivity index (χ1v) is 27.7. The van der Waals surface area contributed by atoms with Crippen molar-refractivity contribution in [2.24, 2.45) is 0 Å². The van der Waals surface area contributed by atoms with Crippen molar-refractivity contribution in [1.82, 2.24) is 0 Å². The molecule has 0 spiro atoms. The number of unbranched alkanes of at least 4 members (excludes halogenated alkanes) is 32. The summed E-state index contributed by atoms with van der Waals surface area (Å²) in [5.74, 6) is -0.918. The standard InChI is InChI=1S/C58H104O6/c1-4-7-10-13-16-19-22-24-26-28-30-31-33-36-39-42-45-48-51-57(60)63-54-55(53-62-56(59)50-47-44-41-38-35-21-18-15-12-9-6-3)64-58(61)52-49-46-43-40-37-34-32-29-27-25-23-20-17-14-11-8-5-2/h15,18,21,25,27,30-31,35,55H,4-14,16-17,19-20,22-24,26,28-29,32-34,36-54H2,1-3H3/b18-15-,27-25-,31-30-,35-21-. The Labute approximate surface area is 397 Å². The summed E-state index contributed by atoms with van der Waals surface area (Å²) in [6.07, 6.45) is 63.9. The van der Waals surface area contributed by atoms with Crippen molar-refractivity contribution in [2.45, 2.75) is 290 Å². The highest BCUT2D eigenvalue weighted by atomic mass is 16.6. The van der Waals surface area contributed by atoms with Crippen LogP contribution in [0.25, 0.3) is 0 Å². The van der Waals surface area contributed by atoms with Gasteiger partial charge in [-0.15, -0.1) is 0 Å². The average Bonchev–Trinajstić information content (AvgIpc) is 3.29. The molecule has 0 aromatic carbocycles. The number of esters is 3. The molecule has 0 heterocycles. The summed E-state index contributed by atoms with van der Waals surface area (Å²) >= 11 is 0. The van der Waals surface area contributed by atoms with Crippen LogP contribution in [0.3, 0.4) is 0 Å². The van der Waals surface area contributed by atoms with E-state index in [-0.39, 0.29) is 31.1 Å². The maximum atomic E-state index is 12.8. The largest absolute Gasteiger partial charge is 0.462 e. The maximum absolute atomic E-state index is 12.8. The van der Waals surface area contributed by atoms with Crippen LogP contribution in [-0.4, -0.2) is 37.2 Å². The third-order valence-electron chi connectivity index (χ3n) is 12.1. The molecule has 0 aromatic heterocycles. The molecule has 0 aliphatic carbocycles. The summed E-state index contributed by atoms with van der Waals surface area (Å²) < 4.78 is 16.8. The fourth-order valence-corrected chi connectivity index (χ4v) is 7.82. The lowest BCUT2D eigenvalue weighted by atomic mass is 10.1. The topological polar surface area (TPSA) is 78.9 Å². The zero-order chi connectivity index (χ0) is 46.5. The van der Waals surface area contributed by atoms with E-state index in [9.17, 15) is 14.4 Å². The van der Waals surface area contributed by atoms with Gasteiger partial charge in [0.15, 0.2) is 6.10 Å². The molecule has 64 heavy (non-hydrogen) atoms. The van der Waals surface area contributed by atoms with E-state index in [0.717, 1.165) is 77.0 Å². The molecule has 0 bridgehead atoms. The number of hydrogen-bond donors (Lipinski definition) is 0. The van der Waals surface area contributed by atoms with Gasteiger partial charge in [-0.3, -0.25) is 14.4 Å². The van der Waals surface area contributed by atoms with Gasteiger partial charge in [-0.1, -0.05) is 223 Å². The Hall–Kier alpha value is -2.63. The minimum atomic E-state index is -0.788. The van der Waals surface area contributed by atoms with Crippen LogP contribution in [0.2, 0.25) is 0 Å². The molecule has 0 aromatic rings. The third kappa shape index (κ3) is 50.4. The summed E-state index contributed by atoms with van der Waals surface area (Å²) in [7, 11) is 0. The summed E-state index contributed by atoms with van der Waals surface area (Å²) in [6.45, 7) is 6.57. The summed E-state index contributed by atoms with van der Waals surface area (Å²) in [6, 6.07) is 0. The van der Waals surface area contributed by atoms with Crippen LogP contribution in [0.15, 0.2) is 48.6 Å². The second-order valence-corrected chi connectivity index (χ2v) is 18.5. The van der Waals surface area contributed by atoms with Gasteiger partial charge in [0.05, 0.1) is 0 Å². The molecular formula is C58H104O6. The summed E-state index contributed by atoms with van der Waals surface area (Å²) in [4.78, 5) is 38.0. The van der Waals surface area contributed by atoms with Gasteiger partial charge in [0.1, 0.15) is 13.2 Å². The molecule has 0 fully saturated rings. The van der Waals surface area contributed by atoms with Crippen molar-refractivity contribution in [3.05, 3.63) is 48.6 Å². The second-order valence-electron chi connectivity index (χ2n) is 18.5. The Bertz CT molecular complexity index is 1120. The highest BCUT2D eigenvalue weighted by molar-refractivity contribution is 5.71. The summed E-state index contributed by atoms with van der Waals surface area (Å²) in [5, 5.41) is 0. The van der Waals surface area contributed by atoms with E-state index in [0.29, 0.717) is 19.3 Å². The molecule has 0 aliphatic rings. The maximum Gasteiger partial charge on any atom is 0.306 e. The third-order valence-corrected chi connectivity index (χ3v) is 12.1. The zero-order valence-corrected chi connectivity index (χ0v) is 42.6. The van der Waals surface area contributed by atoms with E-state index >= 15 is 0 Å². The van der Waals surface area contributed by atoms with Gasteiger partial charge in [0.25, 0.3) is 0 Å². The van der Waals surface area contributed by atoms with Crippen LogP contribution in [-0.2, 0) is 28.6 Å². The SMILES string of the molecule is CCCC/C=C\C=C/CCCCCC(=O)OCC(COC(=O)CCCCCCC/C=C\CCCCCCCCCCC)OC(=O)CCCCCCCCC/C=C\CCCCCCCC. The lowest BCUT2D eigenvalue weighted by Crippen LogP contribution is -2.30. The van der Waals surface area contributed by atoms with Crippen LogP contribution < -0.4 is 0 Å². The van der Waals surface area contributed by atoms with Crippen molar-refractivity contribution in [3.63, 3.8) is 0 Å². The molecule has 1 atom stereocenters. The van der Waals surface area contributed by atoms with Gasteiger partial charge in [-0.25, -0.2) is 0 Å². The van der Waals surface area contributed by atoms with Crippen LogP contribution >= 0.6 is 0 Å². The molecular weight excluding hydrogens is 793 g/mol. The second kappa shape index (κ2) is 53.0. The highest BCUT2D eigenvalue weighted by Gasteiger charge is 2.19. The predicted octanol–water partition coefficient (Wildman–Crippen LogP) is 18.3.